The Morgan fingerprint density at radius 2 is 1.75 bits per heavy atom. The van der Waals surface area contributed by atoms with Crippen LogP contribution in [0.3, 0.4) is 0 Å². The van der Waals surface area contributed by atoms with Crippen molar-refractivity contribution in [2.24, 2.45) is 10.7 Å². The highest BCUT2D eigenvalue weighted by Crippen LogP contribution is 2.25. The fourth-order valence-electron chi connectivity index (χ4n) is 2.45. The van der Waals surface area contributed by atoms with Crippen LogP contribution in [0.2, 0.25) is 0 Å². The SMILES string of the molecule is NC(=O)N1CCN=C(c2ccccc2)c2ccccc21. The average Bonchev–Trinajstić information content (AvgIpc) is 2.68. The molecule has 2 aromatic rings. The molecule has 1 aliphatic rings. The van der Waals surface area contributed by atoms with Crippen LogP contribution in [0.1, 0.15) is 11.1 Å². The Morgan fingerprint density at radius 3 is 2.50 bits per heavy atom. The molecule has 4 nitrogen and oxygen atoms in total. The molecule has 0 saturated carbocycles. The zero-order chi connectivity index (χ0) is 13.9. The number of nitrogens with two attached hydrogens (primary N) is 1. The predicted molar refractivity (Wildman–Crippen MR) is 80.3 cm³/mol. The molecular weight excluding hydrogens is 250 g/mol. The Morgan fingerprint density at radius 1 is 1.05 bits per heavy atom. The standard InChI is InChI=1S/C16H15N3O/c17-16(20)19-11-10-18-15(12-6-2-1-3-7-12)13-8-4-5-9-14(13)19/h1-9H,10-11H2,(H2,17,20). The van der Waals surface area contributed by atoms with Gasteiger partial charge in [0, 0.05) is 17.7 Å². The summed E-state index contributed by atoms with van der Waals surface area (Å²) in [6, 6.07) is 17.3. The van der Waals surface area contributed by atoms with E-state index >= 15 is 0 Å². The zero-order valence-electron chi connectivity index (χ0n) is 11.0. The molecule has 0 spiro atoms. The van der Waals surface area contributed by atoms with Crippen molar-refractivity contribution in [2.45, 2.75) is 0 Å². The third kappa shape index (κ3) is 2.16. The Bertz CT molecular complexity index is 664. The quantitative estimate of drug-likeness (QED) is 0.845. The number of benzodiazepines with no additional fused rings is 1. The molecule has 1 heterocycles. The summed E-state index contributed by atoms with van der Waals surface area (Å²) in [6.45, 7) is 1.05. The second-order valence-electron chi connectivity index (χ2n) is 4.60. The van der Waals surface area contributed by atoms with E-state index in [4.69, 9.17) is 5.73 Å². The topological polar surface area (TPSA) is 58.7 Å². The van der Waals surface area contributed by atoms with Crippen LogP contribution in [0.15, 0.2) is 59.6 Å². The van der Waals surface area contributed by atoms with Gasteiger partial charge in [-0.3, -0.25) is 9.89 Å². The van der Waals surface area contributed by atoms with E-state index in [-0.39, 0.29) is 0 Å². The van der Waals surface area contributed by atoms with Crippen LogP contribution < -0.4 is 10.6 Å². The van der Waals surface area contributed by atoms with Gasteiger partial charge in [-0.1, -0.05) is 48.5 Å². The van der Waals surface area contributed by atoms with Gasteiger partial charge in [0.25, 0.3) is 0 Å². The summed E-state index contributed by atoms with van der Waals surface area (Å²) in [6.07, 6.45) is 0. The van der Waals surface area contributed by atoms with Crippen molar-refractivity contribution in [1.29, 1.82) is 0 Å². The van der Waals surface area contributed by atoms with Crippen LogP contribution in [-0.2, 0) is 0 Å². The molecule has 0 atom stereocenters. The molecule has 0 fully saturated rings. The highest BCUT2D eigenvalue weighted by atomic mass is 16.2. The number of amides is 2. The lowest BCUT2D eigenvalue weighted by Crippen LogP contribution is -2.37. The number of rotatable bonds is 1. The van der Waals surface area contributed by atoms with Gasteiger partial charge in [0.1, 0.15) is 0 Å². The summed E-state index contributed by atoms with van der Waals surface area (Å²) in [5, 5.41) is 0. The van der Waals surface area contributed by atoms with Crippen LogP contribution in [0.5, 0.6) is 0 Å². The first-order valence-corrected chi connectivity index (χ1v) is 6.53. The number of fused-ring (bicyclic) bond motifs is 1. The molecule has 3 rings (SSSR count). The second kappa shape index (κ2) is 5.17. The van der Waals surface area contributed by atoms with Crippen molar-refractivity contribution >= 4 is 17.4 Å². The van der Waals surface area contributed by atoms with Gasteiger partial charge >= 0.3 is 6.03 Å². The molecule has 2 N–H and O–H groups in total. The first kappa shape index (κ1) is 12.4. The van der Waals surface area contributed by atoms with Gasteiger partial charge in [-0.2, -0.15) is 0 Å². The van der Waals surface area contributed by atoms with Crippen LogP contribution in [0, 0.1) is 0 Å². The molecule has 20 heavy (non-hydrogen) atoms. The van der Waals surface area contributed by atoms with Gasteiger partial charge in [-0.05, 0) is 6.07 Å². The molecule has 0 bridgehead atoms. The lowest BCUT2D eigenvalue weighted by Gasteiger charge is -2.20. The van der Waals surface area contributed by atoms with Gasteiger partial charge in [0.2, 0.25) is 0 Å². The minimum Gasteiger partial charge on any atom is -0.351 e. The maximum Gasteiger partial charge on any atom is 0.319 e. The molecular formula is C16H15N3O. The van der Waals surface area contributed by atoms with E-state index in [0.717, 1.165) is 22.5 Å². The highest BCUT2D eigenvalue weighted by molar-refractivity contribution is 6.17. The first-order valence-electron chi connectivity index (χ1n) is 6.53. The minimum absolute atomic E-state index is 0.443. The van der Waals surface area contributed by atoms with Crippen LogP contribution >= 0.6 is 0 Å². The monoisotopic (exact) mass is 265 g/mol. The zero-order valence-corrected chi connectivity index (χ0v) is 11.0. The van der Waals surface area contributed by atoms with E-state index in [2.05, 4.69) is 4.99 Å². The molecule has 2 aromatic carbocycles. The summed E-state index contributed by atoms with van der Waals surface area (Å²) in [5.41, 5.74) is 9.19. The lowest BCUT2D eigenvalue weighted by atomic mass is 10.0. The summed E-state index contributed by atoms with van der Waals surface area (Å²) >= 11 is 0. The highest BCUT2D eigenvalue weighted by Gasteiger charge is 2.21. The van der Waals surface area contributed by atoms with Crippen molar-refractivity contribution in [3.63, 3.8) is 0 Å². The number of primary amides is 1. The van der Waals surface area contributed by atoms with Crippen molar-refractivity contribution in [3.05, 3.63) is 65.7 Å². The number of hydrogen-bond acceptors (Lipinski definition) is 2. The minimum atomic E-state index is -0.443. The second-order valence-corrected chi connectivity index (χ2v) is 4.60. The maximum absolute atomic E-state index is 11.6. The molecule has 4 heteroatoms. The van der Waals surface area contributed by atoms with E-state index in [1.54, 1.807) is 4.90 Å². The Kier molecular flexibility index (Phi) is 3.21. The van der Waals surface area contributed by atoms with E-state index in [1.807, 2.05) is 54.6 Å². The summed E-state index contributed by atoms with van der Waals surface area (Å²) in [4.78, 5) is 17.8. The number of benzene rings is 2. The molecule has 0 radical (unpaired) electrons. The number of para-hydroxylation sites is 1. The number of urea groups is 1. The molecule has 0 aromatic heterocycles. The number of anilines is 1. The van der Waals surface area contributed by atoms with Crippen molar-refractivity contribution in [1.82, 2.24) is 0 Å². The lowest BCUT2D eigenvalue weighted by molar-refractivity contribution is 0.254. The number of hydrogen-bond donors (Lipinski definition) is 1. The predicted octanol–water partition coefficient (Wildman–Crippen LogP) is 2.42. The smallest absolute Gasteiger partial charge is 0.319 e. The normalized spacial score (nSPS) is 14.2. The summed E-state index contributed by atoms with van der Waals surface area (Å²) in [5.74, 6) is 0. The third-order valence-corrected chi connectivity index (χ3v) is 3.36. The van der Waals surface area contributed by atoms with Gasteiger partial charge in [-0.15, -0.1) is 0 Å². The van der Waals surface area contributed by atoms with E-state index in [9.17, 15) is 4.79 Å². The van der Waals surface area contributed by atoms with Crippen LogP contribution in [0.25, 0.3) is 0 Å². The molecule has 0 aliphatic carbocycles. The summed E-state index contributed by atoms with van der Waals surface area (Å²) in [7, 11) is 0. The van der Waals surface area contributed by atoms with Gasteiger partial charge < -0.3 is 5.73 Å². The van der Waals surface area contributed by atoms with Crippen molar-refractivity contribution in [2.75, 3.05) is 18.0 Å². The number of carbonyl (C=O) groups is 1. The molecule has 100 valence electrons. The number of nitrogens with zero attached hydrogens (tertiary/aromatic N) is 2. The Balaban J connectivity index is 2.15. The molecule has 2 amide bonds. The fraction of sp³-hybridized carbons (Fsp3) is 0.125. The Hall–Kier alpha value is -2.62. The van der Waals surface area contributed by atoms with Gasteiger partial charge in [0.15, 0.2) is 0 Å². The summed E-state index contributed by atoms with van der Waals surface area (Å²) < 4.78 is 0. The first-order chi connectivity index (χ1) is 9.77. The van der Waals surface area contributed by atoms with E-state index < -0.39 is 6.03 Å². The largest absolute Gasteiger partial charge is 0.351 e. The van der Waals surface area contributed by atoms with Gasteiger partial charge in [-0.25, -0.2) is 4.79 Å². The maximum atomic E-state index is 11.6. The third-order valence-electron chi connectivity index (χ3n) is 3.36. The molecule has 1 aliphatic heterocycles. The van der Waals surface area contributed by atoms with Crippen molar-refractivity contribution < 1.29 is 4.79 Å². The van der Waals surface area contributed by atoms with Crippen LogP contribution in [-0.4, -0.2) is 24.8 Å². The van der Waals surface area contributed by atoms with E-state index in [1.165, 1.54) is 0 Å². The number of aliphatic imine (C=N–C) groups is 1. The average molecular weight is 265 g/mol. The number of carbonyl (C=O) groups excluding carboxylic acids is 1. The fourth-order valence-corrected chi connectivity index (χ4v) is 2.45. The van der Waals surface area contributed by atoms with Crippen molar-refractivity contribution in [3.8, 4) is 0 Å². The Labute approximate surface area is 117 Å². The van der Waals surface area contributed by atoms with E-state index in [0.29, 0.717) is 13.1 Å². The molecule has 0 unspecified atom stereocenters. The molecule has 0 saturated heterocycles. The van der Waals surface area contributed by atoms with Crippen LogP contribution in [0.4, 0.5) is 10.5 Å². The van der Waals surface area contributed by atoms with Gasteiger partial charge in [0.05, 0.1) is 17.9 Å².